The smallest absolute Gasteiger partial charge is 0.158 e. The average Bonchev–Trinajstić information content (AvgIpc) is 2.60. The summed E-state index contributed by atoms with van der Waals surface area (Å²) < 4.78 is 16.0. The van der Waals surface area contributed by atoms with E-state index < -0.39 is 0 Å². The Balaban J connectivity index is 2.10. The molecule has 3 nitrogen and oxygen atoms in total. The first-order chi connectivity index (χ1) is 8.99. The summed E-state index contributed by atoms with van der Waals surface area (Å²) in [5.41, 5.74) is 2.17. The predicted molar refractivity (Wildman–Crippen MR) is 74.5 cm³/mol. The van der Waals surface area contributed by atoms with E-state index in [1.165, 1.54) is 6.07 Å². The lowest BCUT2D eigenvalue weighted by Crippen LogP contribution is -2.15. The third kappa shape index (κ3) is 3.10. The van der Waals surface area contributed by atoms with Crippen LogP contribution < -0.4 is 0 Å². The van der Waals surface area contributed by atoms with E-state index in [0.29, 0.717) is 5.56 Å². The fraction of sp³-hybridized carbons (Fsp3) is 0.286. The molecule has 0 fully saturated rings. The molecule has 0 spiro atoms. The summed E-state index contributed by atoms with van der Waals surface area (Å²) in [5, 5.41) is 4.27. The number of ketones is 1. The zero-order valence-corrected chi connectivity index (χ0v) is 12.4. The molecule has 0 saturated heterocycles. The summed E-state index contributed by atoms with van der Waals surface area (Å²) in [4.78, 5) is 12.0. The molecule has 0 saturated carbocycles. The molecule has 0 aliphatic rings. The van der Waals surface area contributed by atoms with Crippen LogP contribution in [0.4, 0.5) is 4.39 Å². The average molecular weight is 325 g/mol. The molecule has 100 valence electrons. The number of halogens is 2. The normalized spacial score (nSPS) is 10.7. The number of aromatic nitrogens is 2. The van der Waals surface area contributed by atoms with Gasteiger partial charge >= 0.3 is 0 Å². The van der Waals surface area contributed by atoms with Crippen LogP contribution in [0.2, 0.25) is 0 Å². The fourth-order valence-electron chi connectivity index (χ4n) is 1.91. The highest BCUT2D eigenvalue weighted by Gasteiger charge is 2.13. The van der Waals surface area contributed by atoms with E-state index in [0.717, 1.165) is 15.9 Å². The summed E-state index contributed by atoms with van der Waals surface area (Å²) in [5.74, 6) is -0.409. The Morgan fingerprint density at radius 1 is 1.37 bits per heavy atom. The maximum absolute atomic E-state index is 13.5. The topological polar surface area (TPSA) is 34.9 Å². The van der Waals surface area contributed by atoms with Gasteiger partial charge in [0.2, 0.25) is 0 Å². The minimum atomic E-state index is -0.342. The molecule has 1 heterocycles. The quantitative estimate of drug-likeness (QED) is 0.865. The van der Waals surface area contributed by atoms with Crippen molar-refractivity contribution in [2.75, 3.05) is 0 Å². The molecule has 19 heavy (non-hydrogen) atoms. The van der Waals surface area contributed by atoms with Crippen molar-refractivity contribution in [2.45, 2.75) is 26.8 Å². The first kappa shape index (κ1) is 13.9. The van der Waals surface area contributed by atoms with Crippen molar-refractivity contribution in [1.82, 2.24) is 9.78 Å². The van der Waals surface area contributed by atoms with E-state index in [1.807, 2.05) is 13.8 Å². The fourth-order valence-corrected chi connectivity index (χ4v) is 2.19. The van der Waals surface area contributed by atoms with Crippen LogP contribution in [0.1, 0.15) is 17.0 Å². The van der Waals surface area contributed by atoms with Gasteiger partial charge in [0.15, 0.2) is 5.78 Å². The number of carbonyl (C=O) groups excluding carboxylic acids is 1. The van der Waals surface area contributed by atoms with Gasteiger partial charge in [-0.05, 0) is 41.4 Å². The van der Waals surface area contributed by atoms with Crippen molar-refractivity contribution >= 4 is 21.7 Å². The standard InChI is InChI=1S/C14H14BrFN2O/c1-9-14(15)10(2)18(17-9)8-12(19)7-11-5-3-4-6-13(11)16/h3-6H,7-8H2,1-2H3. The van der Waals surface area contributed by atoms with Crippen molar-refractivity contribution in [3.05, 3.63) is 51.5 Å². The van der Waals surface area contributed by atoms with Crippen LogP contribution in [0, 0.1) is 19.7 Å². The third-order valence-corrected chi connectivity index (χ3v) is 4.11. The second kappa shape index (κ2) is 5.65. The van der Waals surface area contributed by atoms with E-state index in [1.54, 1.807) is 22.9 Å². The summed E-state index contributed by atoms with van der Waals surface area (Å²) in [7, 11) is 0. The molecule has 0 N–H and O–H groups in total. The molecule has 0 amide bonds. The van der Waals surface area contributed by atoms with Gasteiger partial charge in [-0.15, -0.1) is 0 Å². The van der Waals surface area contributed by atoms with Gasteiger partial charge in [0.25, 0.3) is 0 Å². The van der Waals surface area contributed by atoms with Crippen LogP contribution in [0.5, 0.6) is 0 Å². The number of Topliss-reactive ketones (excluding diaryl/α,β-unsaturated/α-hetero) is 1. The molecule has 0 unspecified atom stereocenters. The highest BCUT2D eigenvalue weighted by molar-refractivity contribution is 9.10. The Bertz CT molecular complexity index is 622. The second-order valence-electron chi connectivity index (χ2n) is 4.45. The largest absolute Gasteiger partial charge is 0.297 e. The van der Waals surface area contributed by atoms with Gasteiger partial charge in [-0.1, -0.05) is 18.2 Å². The van der Waals surface area contributed by atoms with Gasteiger partial charge in [-0.3, -0.25) is 9.48 Å². The van der Waals surface area contributed by atoms with Crippen LogP contribution in [0.25, 0.3) is 0 Å². The van der Waals surface area contributed by atoms with Crippen molar-refractivity contribution in [3.8, 4) is 0 Å². The molecule has 0 bridgehead atoms. The lowest BCUT2D eigenvalue weighted by Gasteiger charge is -2.05. The van der Waals surface area contributed by atoms with Gasteiger partial charge in [-0.2, -0.15) is 5.10 Å². The molecular formula is C14H14BrFN2O. The van der Waals surface area contributed by atoms with Gasteiger partial charge in [0.05, 0.1) is 15.9 Å². The minimum Gasteiger partial charge on any atom is -0.297 e. The molecular weight excluding hydrogens is 311 g/mol. The summed E-state index contributed by atoms with van der Waals surface area (Å²) in [6.45, 7) is 3.92. The Labute approximate surface area is 119 Å². The first-order valence-corrected chi connectivity index (χ1v) is 6.73. The maximum Gasteiger partial charge on any atom is 0.158 e. The van der Waals surface area contributed by atoms with E-state index in [9.17, 15) is 9.18 Å². The monoisotopic (exact) mass is 324 g/mol. The van der Waals surface area contributed by atoms with E-state index in [-0.39, 0.29) is 24.6 Å². The minimum absolute atomic E-state index is 0.0665. The SMILES string of the molecule is Cc1nn(CC(=O)Cc2ccccc2F)c(C)c1Br. The van der Waals surface area contributed by atoms with Crippen LogP contribution in [-0.2, 0) is 17.8 Å². The lowest BCUT2D eigenvalue weighted by molar-refractivity contribution is -0.119. The van der Waals surface area contributed by atoms with E-state index >= 15 is 0 Å². The van der Waals surface area contributed by atoms with Gasteiger partial charge in [0.1, 0.15) is 12.4 Å². The van der Waals surface area contributed by atoms with Gasteiger partial charge in [-0.25, -0.2) is 4.39 Å². The molecule has 2 rings (SSSR count). The third-order valence-electron chi connectivity index (χ3n) is 2.96. The molecule has 5 heteroatoms. The molecule has 0 radical (unpaired) electrons. The highest BCUT2D eigenvalue weighted by Crippen LogP contribution is 2.19. The second-order valence-corrected chi connectivity index (χ2v) is 5.24. The maximum atomic E-state index is 13.5. The number of aryl methyl sites for hydroxylation is 1. The van der Waals surface area contributed by atoms with E-state index in [2.05, 4.69) is 21.0 Å². The van der Waals surface area contributed by atoms with Gasteiger partial charge < -0.3 is 0 Å². The number of carbonyl (C=O) groups is 1. The summed E-state index contributed by atoms with van der Waals surface area (Å²) in [6.07, 6.45) is 0.0860. The van der Waals surface area contributed by atoms with Crippen LogP contribution in [0.15, 0.2) is 28.7 Å². The molecule has 0 aliphatic heterocycles. The molecule has 0 atom stereocenters. The summed E-state index contributed by atoms with van der Waals surface area (Å²) in [6, 6.07) is 6.33. The predicted octanol–water partition coefficient (Wildman–Crippen LogP) is 3.21. The highest BCUT2D eigenvalue weighted by atomic mass is 79.9. The Hall–Kier alpha value is -1.49. The number of hydrogen-bond donors (Lipinski definition) is 0. The van der Waals surface area contributed by atoms with Crippen LogP contribution >= 0.6 is 15.9 Å². The number of benzene rings is 1. The van der Waals surface area contributed by atoms with Crippen molar-refractivity contribution in [1.29, 1.82) is 0 Å². The van der Waals surface area contributed by atoms with Crippen molar-refractivity contribution in [3.63, 3.8) is 0 Å². The van der Waals surface area contributed by atoms with Crippen molar-refractivity contribution in [2.24, 2.45) is 0 Å². The number of rotatable bonds is 4. The zero-order chi connectivity index (χ0) is 14.0. The zero-order valence-electron chi connectivity index (χ0n) is 10.8. The summed E-state index contributed by atoms with van der Waals surface area (Å²) >= 11 is 3.41. The lowest BCUT2D eigenvalue weighted by atomic mass is 10.1. The van der Waals surface area contributed by atoms with Crippen molar-refractivity contribution < 1.29 is 9.18 Å². The molecule has 1 aromatic heterocycles. The number of hydrogen-bond acceptors (Lipinski definition) is 2. The van der Waals surface area contributed by atoms with Crippen LogP contribution in [-0.4, -0.2) is 15.6 Å². The van der Waals surface area contributed by atoms with Crippen LogP contribution in [0.3, 0.4) is 0 Å². The molecule has 0 aliphatic carbocycles. The molecule has 2 aromatic rings. The van der Waals surface area contributed by atoms with E-state index in [4.69, 9.17) is 0 Å². The Kier molecular flexibility index (Phi) is 4.14. The number of nitrogens with zero attached hydrogens (tertiary/aromatic N) is 2. The Morgan fingerprint density at radius 3 is 2.63 bits per heavy atom. The van der Waals surface area contributed by atoms with Gasteiger partial charge in [0, 0.05) is 6.42 Å². The Morgan fingerprint density at radius 2 is 2.05 bits per heavy atom. The molecule has 1 aromatic carbocycles. The first-order valence-electron chi connectivity index (χ1n) is 5.93.